The van der Waals surface area contributed by atoms with Gasteiger partial charge in [0.05, 0.1) is 13.1 Å². The van der Waals surface area contributed by atoms with Crippen LogP contribution in [0.4, 0.5) is 0 Å². The van der Waals surface area contributed by atoms with Gasteiger partial charge in [0, 0.05) is 32.0 Å². The van der Waals surface area contributed by atoms with E-state index in [1.807, 2.05) is 0 Å². The molecule has 20 nitrogen and oxygen atoms in total. The van der Waals surface area contributed by atoms with Crippen LogP contribution < -0.4 is 48.3 Å². The van der Waals surface area contributed by atoms with Gasteiger partial charge in [-0.25, -0.2) is 4.79 Å². The number of carboxylic acids is 1. The van der Waals surface area contributed by atoms with Crippen LogP contribution in [0.1, 0.15) is 53.5 Å². The van der Waals surface area contributed by atoms with Gasteiger partial charge in [-0.3, -0.25) is 43.2 Å². The lowest BCUT2D eigenvalue weighted by Gasteiger charge is -2.28. The van der Waals surface area contributed by atoms with Crippen molar-refractivity contribution >= 4 is 59.1 Å². The average molecular weight is 788 g/mol. The molecule has 308 valence electrons. The Morgan fingerprint density at radius 2 is 1.27 bits per heavy atom. The molecule has 11 N–H and O–H groups in total. The topological polar surface area (TPSA) is 313 Å². The standard InChI is InChI=1S/C36H53N9O11/c1-7-20(4)31(35(54)41-21(5)33(52)44-30(19(2)3)32(37)51)45-34(53)25(16-38-22(6)46)43-27(48)14-13-26(47)39-17-28(49)40-18-29(50)42-24(36(55)56)15-23-11-9-8-10-12-23/h8-14,19-21,24-25,30-31H,7,15-18H2,1-6H3,(H2,37,51)(H,38,46)(H,39,47)(H,40,49)(H,41,54)(H,42,50)(H,43,48)(H,44,52)(H,45,53)(H,55,56)/b14-13+/t20-,21-,24-,25-,30-,31-/m0/s1. The van der Waals surface area contributed by atoms with Crippen molar-refractivity contribution in [1.29, 1.82) is 0 Å². The Labute approximate surface area is 324 Å². The molecule has 1 rings (SSSR count). The molecule has 9 amide bonds. The second kappa shape index (κ2) is 24.1. The normalized spacial score (nSPS) is 14.1. The van der Waals surface area contributed by atoms with Gasteiger partial charge in [-0.05, 0) is 24.3 Å². The summed E-state index contributed by atoms with van der Waals surface area (Å²) in [5, 5.41) is 28.4. The molecule has 6 atom stereocenters. The molecule has 1 aromatic carbocycles. The molecule has 1 aromatic rings. The van der Waals surface area contributed by atoms with Crippen LogP contribution in [-0.4, -0.2) is 114 Å². The van der Waals surface area contributed by atoms with Crippen LogP contribution in [0.25, 0.3) is 0 Å². The number of aliphatic carboxylic acids is 1. The Morgan fingerprint density at radius 1 is 0.679 bits per heavy atom. The first kappa shape index (κ1) is 47.7. The summed E-state index contributed by atoms with van der Waals surface area (Å²) in [5.41, 5.74) is 6.03. The Balaban J connectivity index is 2.79. The number of primary amides is 1. The van der Waals surface area contributed by atoms with Gasteiger partial charge in [-0.1, -0.05) is 64.4 Å². The molecule has 0 bridgehead atoms. The highest BCUT2D eigenvalue weighted by Crippen LogP contribution is 2.10. The maximum absolute atomic E-state index is 13.3. The monoisotopic (exact) mass is 787 g/mol. The van der Waals surface area contributed by atoms with Crippen molar-refractivity contribution in [3.8, 4) is 0 Å². The van der Waals surface area contributed by atoms with E-state index < -0.39 is 115 Å². The van der Waals surface area contributed by atoms with Crippen molar-refractivity contribution in [2.45, 2.75) is 84.6 Å². The minimum absolute atomic E-state index is 0.0156. The average Bonchev–Trinajstić information content (AvgIpc) is 3.14. The summed E-state index contributed by atoms with van der Waals surface area (Å²) in [6.45, 7) is 7.73. The van der Waals surface area contributed by atoms with Gasteiger partial charge in [0.1, 0.15) is 30.2 Å². The first-order chi connectivity index (χ1) is 26.2. The summed E-state index contributed by atoms with van der Waals surface area (Å²) in [6, 6.07) is 2.59. The second-order valence-corrected chi connectivity index (χ2v) is 13.2. The first-order valence-corrected chi connectivity index (χ1v) is 17.8. The Morgan fingerprint density at radius 3 is 1.82 bits per heavy atom. The third kappa shape index (κ3) is 18.1. The molecule has 0 saturated heterocycles. The zero-order chi connectivity index (χ0) is 42.5. The molecule has 0 unspecified atom stereocenters. The van der Waals surface area contributed by atoms with Crippen molar-refractivity contribution in [3.63, 3.8) is 0 Å². The number of benzene rings is 1. The van der Waals surface area contributed by atoms with Crippen LogP contribution >= 0.6 is 0 Å². The molecular weight excluding hydrogens is 734 g/mol. The molecule has 0 spiro atoms. The van der Waals surface area contributed by atoms with Crippen LogP contribution in [0.5, 0.6) is 0 Å². The third-order valence-corrected chi connectivity index (χ3v) is 8.18. The van der Waals surface area contributed by atoms with E-state index in [1.165, 1.54) is 13.8 Å². The van der Waals surface area contributed by atoms with E-state index in [0.29, 0.717) is 12.0 Å². The molecule has 56 heavy (non-hydrogen) atoms. The number of hydrogen-bond donors (Lipinski definition) is 10. The summed E-state index contributed by atoms with van der Waals surface area (Å²) < 4.78 is 0. The van der Waals surface area contributed by atoms with Crippen molar-refractivity contribution in [1.82, 2.24) is 42.5 Å². The van der Waals surface area contributed by atoms with E-state index in [2.05, 4.69) is 42.5 Å². The lowest BCUT2D eigenvalue weighted by molar-refractivity contribution is -0.141. The maximum Gasteiger partial charge on any atom is 0.326 e. The fourth-order valence-corrected chi connectivity index (χ4v) is 4.76. The molecule has 0 radical (unpaired) electrons. The van der Waals surface area contributed by atoms with Gasteiger partial charge in [-0.15, -0.1) is 0 Å². The SMILES string of the molecule is CC[C@H](C)[C@H](NC(=O)[C@H](CNC(C)=O)NC(=O)/C=C/C(=O)NCC(=O)NCC(=O)N[C@@H](Cc1ccccc1)C(=O)O)C(=O)N[C@@H](C)C(=O)N[C@H](C(N)=O)C(C)C. The number of hydrogen-bond acceptors (Lipinski definition) is 10. The van der Waals surface area contributed by atoms with Crippen LogP contribution in [0.3, 0.4) is 0 Å². The van der Waals surface area contributed by atoms with Crippen LogP contribution in [0, 0.1) is 11.8 Å². The summed E-state index contributed by atoms with van der Waals surface area (Å²) in [7, 11) is 0. The van der Waals surface area contributed by atoms with Crippen LogP contribution in [-0.2, 0) is 54.4 Å². The number of carbonyl (C=O) groups excluding carboxylic acids is 9. The van der Waals surface area contributed by atoms with Gasteiger partial charge in [0.25, 0.3) is 0 Å². The summed E-state index contributed by atoms with van der Waals surface area (Å²) in [6.07, 6.45) is 1.93. The highest BCUT2D eigenvalue weighted by atomic mass is 16.4. The molecular formula is C36H53N9O11. The highest BCUT2D eigenvalue weighted by Gasteiger charge is 2.32. The van der Waals surface area contributed by atoms with Gasteiger partial charge < -0.3 is 53.4 Å². The zero-order valence-corrected chi connectivity index (χ0v) is 32.2. The van der Waals surface area contributed by atoms with E-state index in [4.69, 9.17) is 5.73 Å². The molecule has 0 fully saturated rings. The Bertz CT molecular complexity index is 1620. The Kier molecular flexibility index (Phi) is 20.6. The number of carboxylic acid groups (broad SMARTS) is 1. The molecule has 0 heterocycles. The smallest absolute Gasteiger partial charge is 0.326 e. The van der Waals surface area contributed by atoms with Crippen LogP contribution in [0.2, 0.25) is 0 Å². The van der Waals surface area contributed by atoms with E-state index >= 15 is 0 Å². The number of amides is 9. The van der Waals surface area contributed by atoms with E-state index in [1.54, 1.807) is 58.0 Å². The van der Waals surface area contributed by atoms with E-state index in [0.717, 1.165) is 12.2 Å². The molecule has 20 heteroatoms. The predicted octanol–water partition coefficient (Wildman–Crippen LogP) is -3.13. The fraction of sp³-hybridized carbons (Fsp3) is 0.500. The summed E-state index contributed by atoms with van der Waals surface area (Å²) in [4.78, 5) is 124. The first-order valence-electron chi connectivity index (χ1n) is 17.8. The largest absolute Gasteiger partial charge is 0.480 e. The van der Waals surface area contributed by atoms with Crippen molar-refractivity contribution in [3.05, 3.63) is 48.0 Å². The van der Waals surface area contributed by atoms with Gasteiger partial charge >= 0.3 is 5.97 Å². The minimum Gasteiger partial charge on any atom is -0.480 e. The second-order valence-electron chi connectivity index (χ2n) is 13.2. The summed E-state index contributed by atoms with van der Waals surface area (Å²) in [5.74, 6) is -9.11. The minimum atomic E-state index is -1.44. The maximum atomic E-state index is 13.3. The molecule has 0 aliphatic rings. The van der Waals surface area contributed by atoms with Gasteiger partial charge in [0.15, 0.2) is 0 Å². The summed E-state index contributed by atoms with van der Waals surface area (Å²) >= 11 is 0. The molecule has 0 aliphatic heterocycles. The van der Waals surface area contributed by atoms with Crippen molar-refractivity contribution < 1.29 is 53.1 Å². The third-order valence-electron chi connectivity index (χ3n) is 8.18. The van der Waals surface area contributed by atoms with Gasteiger partial charge in [-0.2, -0.15) is 0 Å². The molecule has 0 aliphatic carbocycles. The number of nitrogens with two attached hydrogens (primary N) is 1. The predicted molar refractivity (Wildman–Crippen MR) is 200 cm³/mol. The lowest BCUT2D eigenvalue weighted by atomic mass is 9.97. The fourth-order valence-electron chi connectivity index (χ4n) is 4.76. The molecule has 0 aromatic heterocycles. The van der Waals surface area contributed by atoms with Crippen molar-refractivity contribution in [2.75, 3.05) is 19.6 Å². The van der Waals surface area contributed by atoms with Gasteiger partial charge in [0.2, 0.25) is 53.2 Å². The number of rotatable bonds is 23. The lowest BCUT2D eigenvalue weighted by Crippen LogP contribution is -2.60. The van der Waals surface area contributed by atoms with E-state index in [9.17, 15) is 53.1 Å². The van der Waals surface area contributed by atoms with E-state index in [-0.39, 0.29) is 12.3 Å². The quantitative estimate of drug-likeness (QED) is 0.0495. The van der Waals surface area contributed by atoms with Crippen LogP contribution in [0.15, 0.2) is 42.5 Å². The Hall–Kier alpha value is -6.34. The number of nitrogens with one attached hydrogen (secondary N) is 8. The zero-order valence-electron chi connectivity index (χ0n) is 32.2. The highest BCUT2D eigenvalue weighted by molar-refractivity contribution is 6.00. The number of carbonyl (C=O) groups is 10. The molecule has 0 saturated carbocycles. The van der Waals surface area contributed by atoms with Crippen molar-refractivity contribution in [2.24, 2.45) is 17.6 Å².